The van der Waals surface area contributed by atoms with E-state index in [4.69, 9.17) is 13.9 Å². The summed E-state index contributed by atoms with van der Waals surface area (Å²) in [6.45, 7) is 10.2. The van der Waals surface area contributed by atoms with Crippen molar-refractivity contribution in [2.75, 3.05) is 7.11 Å². The van der Waals surface area contributed by atoms with Crippen LogP contribution in [0, 0.1) is 5.92 Å². The highest BCUT2D eigenvalue weighted by Crippen LogP contribution is 2.47. The number of methoxy groups -OCH3 is 1. The molecule has 2 aromatic rings. The van der Waals surface area contributed by atoms with E-state index in [1.165, 1.54) is 0 Å². The number of benzene rings is 1. The molecule has 1 aromatic heterocycles. The van der Waals surface area contributed by atoms with Gasteiger partial charge in [-0.2, -0.15) is 0 Å². The first-order valence-corrected chi connectivity index (χ1v) is 10.6. The van der Waals surface area contributed by atoms with Gasteiger partial charge in [0.1, 0.15) is 29.0 Å². The summed E-state index contributed by atoms with van der Waals surface area (Å²) in [7, 11) is 1.58. The maximum absolute atomic E-state index is 12.9. The van der Waals surface area contributed by atoms with Gasteiger partial charge < -0.3 is 13.9 Å². The molecule has 2 heterocycles. The van der Waals surface area contributed by atoms with Gasteiger partial charge in [0.05, 0.1) is 18.1 Å². The molecule has 0 aliphatic carbocycles. The lowest BCUT2D eigenvalue weighted by atomic mass is 9.76. The Kier molecular flexibility index (Phi) is 6.39. The number of ketones is 1. The summed E-state index contributed by atoms with van der Waals surface area (Å²) in [5, 5.41) is 0.784. The Morgan fingerprint density at radius 1 is 1.33 bits per heavy atom. The number of Topliss-reactive ketones (excluding diaryl/α,β-unsaturated/α-hetero) is 1. The summed E-state index contributed by atoms with van der Waals surface area (Å²) in [6, 6.07) is 5.42. The molecule has 2 unspecified atom stereocenters. The molecule has 1 aliphatic rings. The quantitative estimate of drug-likeness (QED) is 0.419. The van der Waals surface area contributed by atoms with Gasteiger partial charge in [0.25, 0.3) is 0 Å². The minimum absolute atomic E-state index is 0.153. The van der Waals surface area contributed by atoms with Gasteiger partial charge in [0, 0.05) is 24.3 Å². The zero-order chi connectivity index (χ0) is 22.1. The number of allylic oxidation sites excluding steroid dienone is 2. The van der Waals surface area contributed by atoms with E-state index in [2.05, 4.69) is 26.8 Å². The highest BCUT2D eigenvalue weighted by atomic mass is 16.5. The molecular weight excluding hydrogens is 380 g/mol. The van der Waals surface area contributed by atoms with Crippen molar-refractivity contribution < 1.29 is 18.7 Å². The Balaban J connectivity index is 1.84. The molecule has 3 rings (SSSR count). The van der Waals surface area contributed by atoms with Crippen LogP contribution in [0.3, 0.4) is 0 Å². The van der Waals surface area contributed by atoms with Gasteiger partial charge in [0.2, 0.25) is 0 Å². The van der Waals surface area contributed by atoms with E-state index in [9.17, 15) is 9.59 Å². The molecule has 0 saturated carbocycles. The third kappa shape index (κ3) is 4.30. The second kappa shape index (κ2) is 8.66. The SMILES string of the molecule is COc1ccc2c3c(c(=O)oc2c1)C(C)(CCC=C(C)CC(=O)CC(C)C)C(C)O3. The van der Waals surface area contributed by atoms with Gasteiger partial charge in [-0.05, 0) is 44.7 Å². The fourth-order valence-electron chi connectivity index (χ4n) is 4.26. The third-order valence-electron chi connectivity index (χ3n) is 6.10. The number of rotatable bonds is 8. The lowest BCUT2D eigenvalue weighted by molar-refractivity contribution is -0.119. The Morgan fingerprint density at radius 2 is 2.07 bits per heavy atom. The fraction of sp³-hybridized carbons (Fsp3) is 0.520. The standard InChI is InChI=1S/C25H32O5/c1-15(2)12-18(26)13-16(3)8-7-11-25(5)17(4)29-23-20-10-9-19(28-6)14-21(20)30-24(27)22(23)25/h8-10,14-15,17H,7,11-13H2,1-6H3. The molecule has 0 radical (unpaired) electrons. The summed E-state index contributed by atoms with van der Waals surface area (Å²) < 4.78 is 17.0. The van der Waals surface area contributed by atoms with E-state index in [0.717, 1.165) is 23.8 Å². The number of ether oxygens (including phenoxy) is 2. The number of carbonyl (C=O) groups is 1. The zero-order valence-corrected chi connectivity index (χ0v) is 18.8. The first kappa shape index (κ1) is 22.1. The monoisotopic (exact) mass is 412 g/mol. The molecular formula is C25H32O5. The average Bonchev–Trinajstić information content (AvgIpc) is 2.92. The van der Waals surface area contributed by atoms with Crippen LogP contribution < -0.4 is 15.1 Å². The largest absolute Gasteiger partial charge is 0.497 e. The molecule has 5 nitrogen and oxygen atoms in total. The van der Waals surface area contributed by atoms with Gasteiger partial charge in [-0.3, -0.25) is 4.79 Å². The first-order valence-electron chi connectivity index (χ1n) is 10.6. The van der Waals surface area contributed by atoms with Crippen molar-refractivity contribution in [1.82, 2.24) is 0 Å². The van der Waals surface area contributed by atoms with E-state index in [-0.39, 0.29) is 17.5 Å². The fourth-order valence-corrected chi connectivity index (χ4v) is 4.26. The lowest BCUT2D eigenvalue weighted by Gasteiger charge is -2.26. The molecule has 30 heavy (non-hydrogen) atoms. The van der Waals surface area contributed by atoms with E-state index in [0.29, 0.717) is 41.4 Å². The molecule has 0 fully saturated rings. The Bertz CT molecular complexity index is 1030. The van der Waals surface area contributed by atoms with Crippen LogP contribution >= 0.6 is 0 Å². The van der Waals surface area contributed by atoms with Gasteiger partial charge in [-0.1, -0.05) is 32.4 Å². The molecule has 1 aromatic carbocycles. The number of carbonyl (C=O) groups excluding carboxylic acids is 1. The molecule has 162 valence electrons. The molecule has 0 spiro atoms. The van der Waals surface area contributed by atoms with Crippen LogP contribution in [0.25, 0.3) is 11.0 Å². The Morgan fingerprint density at radius 3 is 2.73 bits per heavy atom. The normalized spacial score (nSPS) is 21.0. The van der Waals surface area contributed by atoms with E-state index < -0.39 is 5.41 Å². The van der Waals surface area contributed by atoms with Crippen LogP contribution in [-0.2, 0) is 10.2 Å². The smallest absolute Gasteiger partial charge is 0.343 e. The average molecular weight is 413 g/mol. The van der Waals surface area contributed by atoms with Crippen LogP contribution in [0.4, 0.5) is 0 Å². The maximum atomic E-state index is 12.9. The van der Waals surface area contributed by atoms with Crippen LogP contribution in [-0.4, -0.2) is 19.0 Å². The van der Waals surface area contributed by atoms with Crippen LogP contribution in [0.2, 0.25) is 0 Å². The summed E-state index contributed by atoms with van der Waals surface area (Å²) in [5.41, 5.74) is 1.34. The van der Waals surface area contributed by atoms with Gasteiger partial charge in [-0.15, -0.1) is 0 Å². The predicted molar refractivity (Wildman–Crippen MR) is 119 cm³/mol. The Labute approximate surface area is 178 Å². The molecule has 5 heteroatoms. The maximum Gasteiger partial charge on any atom is 0.343 e. The molecule has 0 saturated heterocycles. The lowest BCUT2D eigenvalue weighted by Crippen LogP contribution is -2.35. The molecule has 0 bridgehead atoms. The second-order valence-electron chi connectivity index (χ2n) is 9.04. The predicted octanol–water partition coefficient (Wildman–Crippen LogP) is 5.57. The van der Waals surface area contributed by atoms with Crippen LogP contribution in [0.15, 0.2) is 39.1 Å². The van der Waals surface area contributed by atoms with Crippen molar-refractivity contribution in [2.24, 2.45) is 5.92 Å². The van der Waals surface area contributed by atoms with Crippen molar-refractivity contribution in [3.63, 3.8) is 0 Å². The molecule has 0 N–H and O–H groups in total. The highest BCUT2D eigenvalue weighted by Gasteiger charge is 2.46. The first-order chi connectivity index (χ1) is 14.2. The van der Waals surface area contributed by atoms with E-state index >= 15 is 0 Å². The third-order valence-corrected chi connectivity index (χ3v) is 6.10. The molecule has 2 atom stereocenters. The minimum Gasteiger partial charge on any atom is -0.497 e. The molecule has 0 amide bonds. The number of hydrogen-bond donors (Lipinski definition) is 0. The molecule has 1 aliphatic heterocycles. The van der Waals surface area contributed by atoms with E-state index in [1.807, 2.05) is 26.0 Å². The highest BCUT2D eigenvalue weighted by molar-refractivity contribution is 5.86. The van der Waals surface area contributed by atoms with Crippen LogP contribution in [0.5, 0.6) is 11.5 Å². The van der Waals surface area contributed by atoms with Crippen molar-refractivity contribution >= 4 is 16.8 Å². The van der Waals surface area contributed by atoms with Crippen LogP contribution in [0.1, 0.15) is 65.9 Å². The number of hydrogen-bond acceptors (Lipinski definition) is 5. The number of fused-ring (bicyclic) bond motifs is 3. The van der Waals surface area contributed by atoms with Gasteiger partial charge >= 0.3 is 5.63 Å². The van der Waals surface area contributed by atoms with Crippen molar-refractivity contribution in [2.45, 2.75) is 71.8 Å². The zero-order valence-electron chi connectivity index (χ0n) is 18.8. The summed E-state index contributed by atoms with van der Waals surface area (Å²) in [5.74, 6) is 1.90. The summed E-state index contributed by atoms with van der Waals surface area (Å²) in [6.07, 6.45) is 4.57. The second-order valence-corrected chi connectivity index (χ2v) is 9.04. The van der Waals surface area contributed by atoms with Gasteiger partial charge in [0.15, 0.2) is 0 Å². The summed E-state index contributed by atoms with van der Waals surface area (Å²) >= 11 is 0. The topological polar surface area (TPSA) is 65.7 Å². The Hall–Kier alpha value is -2.56. The van der Waals surface area contributed by atoms with Crippen molar-refractivity contribution in [3.8, 4) is 11.5 Å². The van der Waals surface area contributed by atoms with E-state index in [1.54, 1.807) is 13.2 Å². The van der Waals surface area contributed by atoms with Gasteiger partial charge in [-0.25, -0.2) is 4.79 Å². The summed E-state index contributed by atoms with van der Waals surface area (Å²) in [4.78, 5) is 24.9. The van der Waals surface area contributed by atoms with Crippen molar-refractivity contribution in [3.05, 3.63) is 45.8 Å². The minimum atomic E-state index is -0.456. The van der Waals surface area contributed by atoms with Crippen molar-refractivity contribution in [1.29, 1.82) is 0 Å².